The third-order valence-corrected chi connectivity index (χ3v) is 4.83. The summed E-state index contributed by atoms with van der Waals surface area (Å²) in [5.74, 6) is 0.766. The number of hydrogen-bond acceptors (Lipinski definition) is 3. The zero-order valence-electron chi connectivity index (χ0n) is 12.3. The number of aliphatic hydroxyl groups is 1. The number of hydrogen-bond donors (Lipinski definition) is 2. The number of aliphatic hydroxyl groups excluding tert-OH is 1. The summed E-state index contributed by atoms with van der Waals surface area (Å²) < 4.78 is 0. The van der Waals surface area contributed by atoms with Crippen molar-refractivity contribution in [2.45, 2.75) is 32.3 Å². The molecule has 0 spiro atoms. The van der Waals surface area contributed by atoms with Crippen LogP contribution < -0.4 is 0 Å². The Bertz CT molecular complexity index is 613. The molecule has 0 saturated carbocycles. The predicted octanol–water partition coefficient (Wildman–Crippen LogP) is 3.37. The lowest BCUT2D eigenvalue weighted by atomic mass is 9.99. The van der Waals surface area contributed by atoms with E-state index in [0.717, 1.165) is 48.4 Å². The number of aromatic amines is 1. The van der Waals surface area contributed by atoms with Crippen LogP contribution in [0, 0.1) is 5.92 Å². The second-order valence-electron chi connectivity index (χ2n) is 6.15. The lowest BCUT2D eigenvalue weighted by Crippen LogP contribution is -2.35. The number of nitrogens with one attached hydrogen (secondary N) is 1. The Kier molecular flexibility index (Phi) is 4.48. The van der Waals surface area contributed by atoms with Crippen molar-refractivity contribution in [3.8, 4) is 0 Å². The van der Waals surface area contributed by atoms with Gasteiger partial charge in [-0.05, 0) is 43.4 Å². The van der Waals surface area contributed by atoms with Crippen LogP contribution >= 0.6 is 11.6 Å². The van der Waals surface area contributed by atoms with E-state index in [-0.39, 0.29) is 0 Å². The van der Waals surface area contributed by atoms with Gasteiger partial charge in [-0.2, -0.15) is 5.10 Å². The summed E-state index contributed by atoms with van der Waals surface area (Å²) in [4.78, 5) is 2.45. The number of nitrogens with zero attached hydrogens (tertiary/aromatic N) is 2. The Morgan fingerprint density at radius 2 is 2.38 bits per heavy atom. The molecule has 1 fully saturated rings. The van der Waals surface area contributed by atoms with E-state index in [9.17, 15) is 5.11 Å². The largest absolute Gasteiger partial charge is 0.388 e. The van der Waals surface area contributed by atoms with Crippen molar-refractivity contribution >= 4 is 22.5 Å². The van der Waals surface area contributed by atoms with Crippen LogP contribution in [-0.4, -0.2) is 39.8 Å². The number of aromatic nitrogens is 2. The minimum Gasteiger partial charge on any atom is -0.388 e. The Balaban J connectivity index is 1.66. The third-order valence-electron chi connectivity index (χ3n) is 4.41. The Morgan fingerprint density at radius 1 is 1.52 bits per heavy atom. The zero-order chi connectivity index (χ0) is 14.8. The molecule has 4 nitrogen and oxygen atoms in total. The second-order valence-corrected chi connectivity index (χ2v) is 6.53. The first-order valence-corrected chi connectivity index (χ1v) is 8.05. The average molecular weight is 308 g/mol. The molecular formula is C16H22ClN3O. The molecule has 2 N–H and O–H groups in total. The minimum atomic E-state index is -0.519. The minimum absolute atomic E-state index is 0.519. The first-order valence-electron chi connectivity index (χ1n) is 7.67. The second kappa shape index (κ2) is 6.34. The first kappa shape index (κ1) is 14.8. The van der Waals surface area contributed by atoms with Gasteiger partial charge < -0.3 is 10.0 Å². The quantitative estimate of drug-likeness (QED) is 0.910. The van der Waals surface area contributed by atoms with Crippen LogP contribution in [0.25, 0.3) is 10.9 Å². The van der Waals surface area contributed by atoms with Crippen LogP contribution in [0.2, 0.25) is 5.02 Å². The molecule has 1 saturated heterocycles. The van der Waals surface area contributed by atoms with E-state index in [0.29, 0.717) is 5.02 Å². The van der Waals surface area contributed by atoms with Gasteiger partial charge in [-0.15, -0.1) is 0 Å². The summed E-state index contributed by atoms with van der Waals surface area (Å²) >= 11 is 6.39. The van der Waals surface area contributed by atoms with Crippen molar-refractivity contribution in [1.82, 2.24) is 15.1 Å². The lowest BCUT2D eigenvalue weighted by Gasteiger charge is -2.31. The van der Waals surface area contributed by atoms with Gasteiger partial charge in [0.1, 0.15) is 0 Å². The number of benzene rings is 1. The van der Waals surface area contributed by atoms with E-state index < -0.39 is 6.10 Å². The first-order chi connectivity index (χ1) is 10.1. The molecule has 1 aromatic heterocycles. The monoisotopic (exact) mass is 307 g/mol. The van der Waals surface area contributed by atoms with Crippen LogP contribution in [-0.2, 0) is 0 Å². The maximum atomic E-state index is 10.5. The zero-order valence-corrected chi connectivity index (χ0v) is 13.1. The van der Waals surface area contributed by atoms with Gasteiger partial charge in [-0.25, -0.2) is 0 Å². The summed E-state index contributed by atoms with van der Waals surface area (Å²) in [5, 5.41) is 18.8. The molecular weight excluding hydrogens is 286 g/mol. The Labute approximate surface area is 130 Å². The standard InChI is InChI=1S/C16H22ClN3O/c1-11-3-2-7-20(10-11)8-6-15(21)12-4-5-14-13(16(12)17)9-18-19-14/h4-5,9,11,15,21H,2-3,6-8,10H2,1H3,(H,18,19). The van der Waals surface area contributed by atoms with Gasteiger partial charge in [0.15, 0.2) is 0 Å². The van der Waals surface area contributed by atoms with Crippen LogP contribution in [0.1, 0.15) is 37.9 Å². The summed E-state index contributed by atoms with van der Waals surface area (Å²) in [6.45, 7) is 5.50. The van der Waals surface area contributed by atoms with E-state index in [1.807, 2.05) is 12.1 Å². The fourth-order valence-corrected chi connectivity index (χ4v) is 3.55. The molecule has 0 bridgehead atoms. The fraction of sp³-hybridized carbons (Fsp3) is 0.562. The van der Waals surface area contributed by atoms with Gasteiger partial charge >= 0.3 is 0 Å². The van der Waals surface area contributed by atoms with E-state index in [1.165, 1.54) is 12.8 Å². The smallest absolute Gasteiger partial charge is 0.0816 e. The van der Waals surface area contributed by atoms with Gasteiger partial charge in [-0.3, -0.25) is 5.10 Å². The van der Waals surface area contributed by atoms with Gasteiger partial charge in [0.25, 0.3) is 0 Å². The molecule has 3 rings (SSSR count). The number of rotatable bonds is 4. The van der Waals surface area contributed by atoms with Crippen LogP contribution in [0.4, 0.5) is 0 Å². The van der Waals surface area contributed by atoms with E-state index in [2.05, 4.69) is 22.0 Å². The SMILES string of the molecule is CC1CCCN(CCC(O)c2ccc3[nH]ncc3c2Cl)C1. The molecule has 1 aromatic carbocycles. The molecule has 0 radical (unpaired) electrons. The van der Waals surface area contributed by atoms with E-state index >= 15 is 0 Å². The molecule has 2 atom stereocenters. The van der Waals surface area contributed by atoms with E-state index in [4.69, 9.17) is 11.6 Å². The molecule has 5 heteroatoms. The van der Waals surface area contributed by atoms with Gasteiger partial charge in [-0.1, -0.05) is 24.6 Å². The third kappa shape index (κ3) is 3.23. The molecule has 0 aliphatic carbocycles. The highest BCUT2D eigenvalue weighted by Crippen LogP contribution is 2.31. The molecule has 2 aromatic rings. The number of halogens is 1. The molecule has 2 heterocycles. The topological polar surface area (TPSA) is 52.1 Å². The number of fused-ring (bicyclic) bond motifs is 1. The normalized spacial score (nSPS) is 21.8. The van der Waals surface area contributed by atoms with Crippen molar-refractivity contribution in [3.05, 3.63) is 28.9 Å². The van der Waals surface area contributed by atoms with Crippen molar-refractivity contribution in [1.29, 1.82) is 0 Å². The highest BCUT2D eigenvalue weighted by molar-refractivity contribution is 6.36. The summed E-state index contributed by atoms with van der Waals surface area (Å²) in [6, 6.07) is 3.82. The average Bonchev–Trinajstić information content (AvgIpc) is 2.95. The van der Waals surface area contributed by atoms with Crippen LogP contribution in [0.5, 0.6) is 0 Å². The van der Waals surface area contributed by atoms with Crippen molar-refractivity contribution < 1.29 is 5.11 Å². The maximum absolute atomic E-state index is 10.5. The highest BCUT2D eigenvalue weighted by atomic mass is 35.5. The molecule has 2 unspecified atom stereocenters. The maximum Gasteiger partial charge on any atom is 0.0816 e. The number of likely N-dealkylation sites (tertiary alicyclic amines) is 1. The van der Waals surface area contributed by atoms with Crippen LogP contribution in [0.15, 0.2) is 18.3 Å². The predicted molar refractivity (Wildman–Crippen MR) is 85.5 cm³/mol. The summed E-state index contributed by atoms with van der Waals surface area (Å²) in [5.41, 5.74) is 1.71. The van der Waals surface area contributed by atoms with Crippen LogP contribution in [0.3, 0.4) is 0 Å². The lowest BCUT2D eigenvalue weighted by molar-refractivity contribution is 0.122. The molecule has 114 valence electrons. The fourth-order valence-electron chi connectivity index (χ4n) is 3.21. The molecule has 1 aliphatic heterocycles. The number of H-pyrrole nitrogens is 1. The molecule has 21 heavy (non-hydrogen) atoms. The molecule has 1 aliphatic rings. The van der Waals surface area contributed by atoms with Gasteiger partial charge in [0.05, 0.1) is 22.8 Å². The van der Waals surface area contributed by atoms with Gasteiger partial charge in [0, 0.05) is 18.5 Å². The Hall–Kier alpha value is -1.10. The Morgan fingerprint density at radius 3 is 3.19 bits per heavy atom. The van der Waals surface area contributed by atoms with Crippen molar-refractivity contribution in [2.75, 3.05) is 19.6 Å². The van der Waals surface area contributed by atoms with Crippen molar-refractivity contribution in [3.63, 3.8) is 0 Å². The van der Waals surface area contributed by atoms with Gasteiger partial charge in [0.2, 0.25) is 0 Å². The number of piperidine rings is 1. The van der Waals surface area contributed by atoms with E-state index in [1.54, 1.807) is 6.20 Å². The summed E-state index contributed by atoms with van der Waals surface area (Å²) in [7, 11) is 0. The summed E-state index contributed by atoms with van der Waals surface area (Å²) in [6.07, 6.45) is 4.49. The molecule has 0 amide bonds. The van der Waals surface area contributed by atoms with Crippen molar-refractivity contribution in [2.24, 2.45) is 5.92 Å². The highest BCUT2D eigenvalue weighted by Gasteiger charge is 2.19.